The van der Waals surface area contributed by atoms with Gasteiger partial charge >= 0.3 is 0 Å². The van der Waals surface area contributed by atoms with Gasteiger partial charge < -0.3 is 14.8 Å². The van der Waals surface area contributed by atoms with Crippen molar-refractivity contribution in [2.75, 3.05) is 33.4 Å². The molecule has 8 heteroatoms. The normalized spacial score (nSPS) is 15.5. The Bertz CT molecular complexity index is 759. The molecule has 0 spiro atoms. The van der Waals surface area contributed by atoms with Gasteiger partial charge in [0.1, 0.15) is 6.61 Å². The van der Waals surface area contributed by atoms with Crippen molar-refractivity contribution in [1.29, 1.82) is 0 Å². The van der Waals surface area contributed by atoms with Crippen molar-refractivity contribution in [2.24, 2.45) is 5.92 Å². The molecule has 3 rings (SSSR count). The molecule has 3 heterocycles. The number of likely N-dealkylation sites (tertiary alicyclic amines) is 1. The molecule has 1 saturated heterocycles. The summed E-state index contributed by atoms with van der Waals surface area (Å²) in [4.78, 5) is 23.7. The average Bonchev–Trinajstić information content (AvgIpc) is 3.12. The van der Waals surface area contributed by atoms with Crippen LogP contribution < -0.4 is 10.1 Å². The van der Waals surface area contributed by atoms with Crippen LogP contribution in [-0.4, -0.2) is 54.2 Å². The Balaban J connectivity index is 1.43. The number of amides is 1. The Kier molecular flexibility index (Phi) is 7.76. The van der Waals surface area contributed by atoms with Crippen LogP contribution in [-0.2, 0) is 22.6 Å². The van der Waals surface area contributed by atoms with Gasteiger partial charge in [0.05, 0.1) is 17.3 Å². The topological polar surface area (TPSA) is 76.6 Å². The number of aromatic nitrogens is 2. The molecule has 0 bridgehead atoms. The Morgan fingerprint density at radius 1 is 1.36 bits per heavy atom. The molecule has 0 radical (unpaired) electrons. The molecular formula is C20H28N4O3S. The molecule has 0 aliphatic carbocycles. The minimum absolute atomic E-state index is 0.0583. The van der Waals surface area contributed by atoms with E-state index in [1.807, 2.05) is 19.1 Å². The average molecular weight is 405 g/mol. The molecule has 1 aliphatic rings. The van der Waals surface area contributed by atoms with Crippen molar-refractivity contribution >= 4 is 17.2 Å². The van der Waals surface area contributed by atoms with E-state index in [9.17, 15) is 4.79 Å². The highest BCUT2D eigenvalue weighted by atomic mass is 32.1. The van der Waals surface area contributed by atoms with E-state index >= 15 is 0 Å². The van der Waals surface area contributed by atoms with E-state index in [1.54, 1.807) is 24.6 Å². The molecular weight excluding hydrogens is 376 g/mol. The van der Waals surface area contributed by atoms with Crippen LogP contribution in [0.5, 0.6) is 5.88 Å². The molecule has 0 aromatic carbocycles. The second-order valence-electron chi connectivity index (χ2n) is 6.94. The highest BCUT2D eigenvalue weighted by Crippen LogP contribution is 2.21. The third-order valence-corrected chi connectivity index (χ3v) is 5.66. The summed E-state index contributed by atoms with van der Waals surface area (Å²) in [7, 11) is 1.63. The number of nitrogens with zero attached hydrogens (tertiary/aromatic N) is 3. The van der Waals surface area contributed by atoms with Gasteiger partial charge in [-0.25, -0.2) is 9.97 Å². The van der Waals surface area contributed by atoms with E-state index in [0.29, 0.717) is 25.6 Å². The maximum absolute atomic E-state index is 12.6. The predicted molar refractivity (Wildman–Crippen MR) is 108 cm³/mol. The lowest BCUT2D eigenvalue weighted by Crippen LogP contribution is -2.40. The van der Waals surface area contributed by atoms with Crippen LogP contribution in [0, 0.1) is 12.8 Å². The summed E-state index contributed by atoms with van der Waals surface area (Å²) >= 11 is 1.69. The zero-order valence-corrected chi connectivity index (χ0v) is 17.3. The molecule has 0 unspecified atom stereocenters. The first kappa shape index (κ1) is 20.7. The molecule has 1 fully saturated rings. The summed E-state index contributed by atoms with van der Waals surface area (Å²) < 4.78 is 10.6. The summed E-state index contributed by atoms with van der Waals surface area (Å²) in [5, 5.41) is 6.27. The van der Waals surface area contributed by atoms with E-state index in [1.165, 1.54) is 0 Å². The highest BCUT2D eigenvalue weighted by molar-refractivity contribution is 7.09. The van der Waals surface area contributed by atoms with Gasteiger partial charge in [-0.3, -0.25) is 9.69 Å². The predicted octanol–water partition coefficient (Wildman–Crippen LogP) is 2.40. The number of ether oxygens (including phenoxy) is 2. The number of carbonyl (C=O) groups excluding carboxylic acids is 1. The lowest BCUT2D eigenvalue weighted by atomic mass is 9.95. The molecule has 0 saturated carbocycles. The van der Waals surface area contributed by atoms with Crippen LogP contribution in [0.2, 0.25) is 0 Å². The first-order valence-corrected chi connectivity index (χ1v) is 10.5. The molecule has 7 nitrogen and oxygen atoms in total. The fourth-order valence-corrected chi connectivity index (χ4v) is 3.90. The number of methoxy groups -OCH3 is 1. The number of nitrogens with one attached hydrogen (secondary N) is 1. The zero-order valence-electron chi connectivity index (χ0n) is 16.5. The molecule has 28 heavy (non-hydrogen) atoms. The number of hydrogen-bond acceptors (Lipinski definition) is 7. The number of aryl methyl sites for hydroxylation is 1. The van der Waals surface area contributed by atoms with Crippen molar-refractivity contribution < 1.29 is 14.3 Å². The minimum atomic E-state index is 0.0583. The maximum atomic E-state index is 12.6. The van der Waals surface area contributed by atoms with Crippen LogP contribution in [0.25, 0.3) is 0 Å². The summed E-state index contributed by atoms with van der Waals surface area (Å²) in [5.74, 6) is 0.715. The van der Waals surface area contributed by atoms with Gasteiger partial charge in [-0.1, -0.05) is 6.07 Å². The van der Waals surface area contributed by atoms with Gasteiger partial charge in [0.15, 0.2) is 0 Å². The summed E-state index contributed by atoms with van der Waals surface area (Å²) in [5.41, 5.74) is 2.01. The summed E-state index contributed by atoms with van der Waals surface area (Å²) in [6, 6.07) is 3.78. The quantitative estimate of drug-likeness (QED) is 0.647. The maximum Gasteiger partial charge on any atom is 0.223 e. The number of carbonyl (C=O) groups is 1. The Morgan fingerprint density at radius 2 is 2.18 bits per heavy atom. The van der Waals surface area contributed by atoms with E-state index < -0.39 is 0 Å². The standard InChI is InChI=1S/C20H28N4O3S/c1-15-23-18(14-28-15)13-24-8-5-16(6-9-24)19(25)22-12-17-4-3-7-21-20(17)27-11-10-26-2/h3-4,7,14,16H,5-6,8-13H2,1-2H3,(H,22,25). The molecule has 2 aromatic rings. The van der Waals surface area contributed by atoms with Crippen LogP contribution >= 0.6 is 11.3 Å². The second-order valence-corrected chi connectivity index (χ2v) is 8.00. The van der Waals surface area contributed by atoms with Crippen LogP contribution in [0.1, 0.15) is 29.1 Å². The molecule has 1 amide bonds. The zero-order chi connectivity index (χ0) is 19.8. The van der Waals surface area contributed by atoms with Crippen molar-refractivity contribution in [2.45, 2.75) is 32.9 Å². The van der Waals surface area contributed by atoms with Gasteiger partial charge in [-0.2, -0.15) is 0 Å². The number of piperidine rings is 1. The summed E-state index contributed by atoms with van der Waals surface area (Å²) in [6.07, 6.45) is 3.44. The summed E-state index contributed by atoms with van der Waals surface area (Å²) in [6.45, 7) is 6.11. The Labute approximate surface area is 170 Å². The third-order valence-electron chi connectivity index (χ3n) is 4.84. The van der Waals surface area contributed by atoms with Gasteiger partial charge in [-0.05, 0) is 38.9 Å². The van der Waals surface area contributed by atoms with Crippen molar-refractivity contribution in [3.63, 3.8) is 0 Å². The first-order valence-electron chi connectivity index (χ1n) is 9.62. The van der Waals surface area contributed by atoms with E-state index in [2.05, 4.69) is 25.6 Å². The number of hydrogen-bond donors (Lipinski definition) is 1. The molecule has 2 aromatic heterocycles. The van der Waals surface area contributed by atoms with Crippen molar-refractivity contribution in [1.82, 2.24) is 20.2 Å². The smallest absolute Gasteiger partial charge is 0.223 e. The molecule has 1 aliphatic heterocycles. The number of rotatable bonds is 9. The van der Waals surface area contributed by atoms with Gasteiger partial charge in [0.2, 0.25) is 11.8 Å². The van der Waals surface area contributed by atoms with Gasteiger partial charge in [0.25, 0.3) is 0 Å². The van der Waals surface area contributed by atoms with Crippen LogP contribution in [0.3, 0.4) is 0 Å². The fourth-order valence-electron chi connectivity index (χ4n) is 3.30. The van der Waals surface area contributed by atoms with Crippen molar-refractivity contribution in [3.8, 4) is 5.88 Å². The molecule has 1 N–H and O–H groups in total. The monoisotopic (exact) mass is 404 g/mol. The molecule has 0 atom stereocenters. The highest BCUT2D eigenvalue weighted by Gasteiger charge is 2.25. The van der Waals surface area contributed by atoms with Crippen LogP contribution in [0.15, 0.2) is 23.7 Å². The Hall–Kier alpha value is -2.03. The minimum Gasteiger partial charge on any atom is -0.475 e. The Morgan fingerprint density at radius 3 is 2.89 bits per heavy atom. The largest absolute Gasteiger partial charge is 0.475 e. The fraction of sp³-hybridized carbons (Fsp3) is 0.550. The lowest BCUT2D eigenvalue weighted by molar-refractivity contribution is -0.126. The van der Waals surface area contributed by atoms with E-state index in [-0.39, 0.29) is 11.8 Å². The lowest BCUT2D eigenvalue weighted by Gasteiger charge is -2.30. The number of thiazole rings is 1. The van der Waals surface area contributed by atoms with Gasteiger partial charge in [0, 0.05) is 43.3 Å². The number of pyridine rings is 1. The molecule has 152 valence electrons. The van der Waals surface area contributed by atoms with E-state index in [4.69, 9.17) is 9.47 Å². The van der Waals surface area contributed by atoms with E-state index in [0.717, 1.165) is 48.7 Å². The van der Waals surface area contributed by atoms with Crippen LogP contribution in [0.4, 0.5) is 0 Å². The van der Waals surface area contributed by atoms with Crippen molar-refractivity contribution in [3.05, 3.63) is 40.0 Å². The third kappa shape index (κ3) is 5.98. The first-order chi connectivity index (χ1) is 13.7. The second kappa shape index (κ2) is 10.5. The van der Waals surface area contributed by atoms with Gasteiger partial charge in [-0.15, -0.1) is 11.3 Å². The SMILES string of the molecule is COCCOc1ncccc1CNC(=O)C1CCN(Cc2csc(C)n2)CC1.